The Hall–Kier alpha value is -0.590. The molecule has 0 atom stereocenters. The third-order valence-corrected chi connectivity index (χ3v) is 2.54. The second-order valence-electron chi connectivity index (χ2n) is 4.20. The monoisotopic (exact) mass is 197 g/mol. The number of ether oxygens (including phenoxy) is 2. The van der Waals surface area contributed by atoms with Gasteiger partial charge in [-0.05, 0) is 12.3 Å². The lowest BCUT2D eigenvalue weighted by molar-refractivity contribution is -0.0845. The van der Waals surface area contributed by atoms with Gasteiger partial charge in [-0.2, -0.15) is 0 Å². The Morgan fingerprint density at radius 3 is 2.57 bits per heavy atom. The molecule has 1 aliphatic rings. The van der Waals surface area contributed by atoms with Crippen molar-refractivity contribution < 1.29 is 9.47 Å². The minimum atomic E-state index is -0.576. The normalized spacial score (nSPS) is 20.7. The summed E-state index contributed by atoms with van der Waals surface area (Å²) in [6.07, 6.45) is 2.46. The average molecular weight is 197 g/mol. The van der Waals surface area contributed by atoms with Crippen molar-refractivity contribution >= 4 is 0 Å². The summed E-state index contributed by atoms with van der Waals surface area (Å²) in [5.41, 5.74) is -0.576. The average Bonchev–Trinajstić information content (AvgIpc) is 2.19. The standard InChI is InChI=1S/C11H19NO2/c1-10(2)4-7-14-11(12-3)5-8-13-9-6-11/h10H,4-9H2,1-2H3. The highest BCUT2D eigenvalue weighted by Crippen LogP contribution is 2.27. The van der Waals surface area contributed by atoms with Crippen molar-refractivity contribution in [3.63, 3.8) is 0 Å². The number of hydrogen-bond donors (Lipinski definition) is 0. The maximum atomic E-state index is 7.18. The van der Waals surface area contributed by atoms with Crippen molar-refractivity contribution in [1.82, 2.24) is 0 Å². The first kappa shape index (κ1) is 11.5. The lowest BCUT2D eigenvalue weighted by Crippen LogP contribution is -2.36. The summed E-state index contributed by atoms with van der Waals surface area (Å²) in [4.78, 5) is 3.62. The van der Waals surface area contributed by atoms with Gasteiger partial charge in [0.15, 0.2) is 0 Å². The fourth-order valence-corrected chi connectivity index (χ4v) is 1.46. The molecule has 1 rings (SSSR count). The highest BCUT2D eigenvalue weighted by Gasteiger charge is 2.39. The molecule has 1 fully saturated rings. The molecule has 0 spiro atoms. The molecule has 0 aromatic carbocycles. The Morgan fingerprint density at radius 1 is 1.43 bits per heavy atom. The molecule has 1 saturated heterocycles. The summed E-state index contributed by atoms with van der Waals surface area (Å²) in [5.74, 6) is 0.637. The lowest BCUT2D eigenvalue weighted by Gasteiger charge is -2.26. The van der Waals surface area contributed by atoms with E-state index in [9.17, 15) is 0 Å². The van der Waals surface area contributed by atoms with Crippen LogP contribution in [0, 0.1) is 12.5 Å². The Labute approximate surface area is 86.2 Å². The van der Waals surface area contributed by atoms with Crippen LogP contribution in [0.5, 0.6) is 0 Å². The van der Waals surface area contributed by atoms with E-state index in [1.54, 1.807) is 0 Å². The molecular formula is C11H19NO2. The van der Waals surface area contributed by atoms with Crippen molar-refractivity contribution in [1.29, 1.82) is 0 Å². The zero-order chi connectivity index (χ0) is 10.4. The van der Waals surface area contributed by atoms with Crippen LogP contribution < -0.4 is 0 Å². The maximum Gasteiger partial charge on any atom is 0.341 e. The Bertz CT molecular complexity index is 202. The Kier molecular flexibility index (Phi) is 4.37. The number of nitrogens with zero attached hydrogens (tertiary/aromatic N) is 1. The minimum Gasteiger partial charge on any atom is -0.381 e. The fourth-order valence-electron chi connectivity index (χ4n) is 1.46. The second-order valence-corrected chi connectivity index (χ2v) is 4.20. The molecule has 0 aliphatic carbocycles. The topological polar surface area (TPSA) is 22.8 Å². The van der Waals surface area contributed by atoms with Crippen molar-refractivity contribution in [2.24, 2.45) is 5.92 Å². The largest absolute Gasteiger partial charge is 0.381 e. The summed E-state index contributed by atoms with van der Waals surface area (Å²) in [6, 6.07) is 0. The van der Waals surface area contributed by atoms with Crippen LogP contribution in [0.3, 0.4) is 0 Å². The first-order chi connectivity index (χ1) is 6.68. The molecule has 0 unspecified atom stereocenters. The molecule has 80 valence electrons. The van der Waals surface area contributed by atoms with Gasteiger partial charge < -0.3 is 9.47 Å². The first-order valence-corrected chi connectivity index (χ1v) is 5.29. The summed E-state index contributed by atoms with van der Waals surface area (Å²) < 4.78 is 10.9. The number of rotatable bonds is 4. The van der Waals surface area contributed by atoms with Gasteiger partial charge in [0.05, 0.1) is 32.7 Å². The quantitative estimate of drug-likeness (QED) is 0.646. The summed E-state index contributed by atoms with van der Waals surface area (Å²) in [6.45, 7) is 13.5. The van der Waals surface area contributed by atoms with Gasteiger partial charge in [-0.15, -0.1) is 0 Å². The van der Waals surface area contributed by atoms with Gasteiger partial charge in [-0.25, -0.2) is 6.57 Å². The van der Waals surface area contributed by atoms with Crippen LogP contribution in [0.2, 0.25) is 0 Å². The summed E-state index contributed by atoms with van der Waals surface area (Å²) in [5, 5.41) is 0. The third kappa shape index (κ3) is 3.28. The van der Waals surface area contributed by atoms with E-state index in [4.69, 9.17) is 16.0 Å². The zero-order valence-corrected chi connectivity index (χ0v) is 9.08. The highest BCUT2D eigenvalue weighted by atomic mass is 16.5. The van der Waals surface area contributed by atoms with Gasteiger partial charge in [0, 0.05) is 0 Å². The highest BCUT2D eigenvalue weighted by molar-refractivity contribution is 4.91. The molecule has 1 aliphatic heterocycles. The summed E-state index contributed by atoms with van der Waals surface area (Å²) in [7, 11) is 0. The van der Waals surface area contributed by atoms with Gasteiger partial charge in [0.2, 0.25) is 0 Å². The van der Waals surface area contributed by atoms with Gasteiger partial charge >= 0.3 is 5.72 Å². The van der Waals surface area contributed by atoms with E-state index in [1.807, 2.05) is 0 Å². The van der Waals surface area contributed by atoms with Crippen molar-refractivity contribution in [3.05, 3.63) is 11.4 Å². The molecule has 1 heterocycles. The molecule has 0 aromatic heterocycles. The predicted molar refractivity (Wildman–Crippen MR) is 54.8 cm³/mol. The van der Waals surface area contributed by atoms with E-state index >= 15 is 0 Å². The molecule has 0 amide bonds. The SMILES string of the molecule is [C-]#[N+]C1(OCCC(C)C)CCOCC1. The van der Waals surface area contributed by atoms with Crippen LogP contribution in [0.1, 0.15) is 33.1 Å². The summed E-state index contributed by atoms with van der Waals surface area (Å²) >= 11 is 0. The van der Waals surface area contributed by atoms with Gasteiger partial charge in [-0.1, -0.05) is 13.8 Å². The molecule has 0 N–H and O–H groups in total. The Morgan fingerprint density at radius 2 is 2.07 bits per heavy atom. The lowest BCUT2D eigenvalue weighted by atomic mass is 10.1. The molecule has 3 nitrogen and oxygen atoms in total. The molecule has 14 heavy (non-hydrogen) atoms. The minimum absolute atomic E-state index is 0.576. The van der Waals surface area contributed by atoms with Crippen LogP contribution in [0.15, 0.2) is 0 Å². The molecule has 0 saturated carbocycles. The van der Waals surface area contributed by atoms with Crippen LogP contribution in [-0.2, 0) is 9.47 Å². The van der Waals surface area contributed by atoms with E-state index < -0.39 is 5.72 Å². The van der Waals surface area contributed by atoms with E-state index in [2.05, 4.69) is 18.7 Å². The third-order valence-electron chi connectivity index (χ3n) is 2.54. The predicted octanol–water partition coefficient (Wildman–Crippen LogP) is 2.48. The number of hydrogen-bond acceptors (Lipinski definition) is 2. The van der Waals surface area contributed by atoms with Crippen LogP contribution in [0.4, 0.5) is 0 Å². The van der Waals surface area contributed by atoms with Crippen LogP contribution in [-0.4, -0.2) is 25.5 Å². The van der Waals surface area contributed by atoms with Crippen molar-refractivity contribution in [2.45, 2.75) is 38.8 Å². The molecule has 3 heteroatoms. The zero-order valence-electron chi connectivity index (χ0n) is 9.08. The molecule has 0 aromatic rings. The van der Waals surface area contributed by atoms with E-state index in [0.29, 0.717) is 38.6 Å². The van der Waals surface area contributed by atoms with Gasteiger partial charge in [0.1, 0.15) is 0 Å². The maximum absolute atomic E-state index is 7.18. The van der Waals surface area contributed by atoms with E-state index in [-0.39, 0.29) is 0 Å². The first-order valence-electron chi connectivity index (χ1n) is 5.29. The molecular weight excluding hydrogens is 178 g/mol. The van der Waals surface area contributed by atoms with Crippen molar-refractivity contribution in [2.75, 3.05) is 19.8 Å². The molecule has 0 radical (unpaired) electrons. The Balaban J connectivity index is 2.34. The second kappa shape index (κ2) is 5.33. The van der Waals surface area contributed by atoms with Gasteiger partial charge in [0.25, 0.3) is 0 Å². The van der Waals surface area contributed by atoms with E-state index in [0.717, 1.165) is 6.42 Å². The fraction of sp³-hybridized carbons (Fsp3) is 0.909. The van der Waals surface area contributed by atoms with Crippen molar-refractivity contribution in [3.8, 4) is 0 Å². The van der Waals surface area contributed by atoms with Crippen LogP contribution >= 0.6 is 0 Å². The molecule has 0 bridgehead atoms. The van der Waals surface area contributed by atoms with Gasteiger partial charge in [-0.3, -0.25) is 4.85 Å². The smallest absolute Gasteiger partial charge is 0.341 e. The van der Waals surface area contributed by atoms with Crippen LogP contribution in [0.25, 0.3) is 4.85 Å². The van der Waals surface area contributed by atoms with E-state index in [1.165, 1.54) is 0 Å².